The average Bonchev–Trinajstić information content (AvgIpc) is 2.77. The van der Waals surface area contributed by atoms with Crippen LogP contribution in [-0.2, 0) is 0 Å². The average molecular weight is 414 g/mol. The fourth-order valence-electron chi connectivity index (χ4n) is 3.17. The third kappa shape index (κ3) is 4.62. The number of fused-ring (bicyclic) bond motifs is 1. The number of benzene rings is 2. The zero-order valence-corrected chi connectivity index (χ0v) is 17.2. The van der Waals surface area contributed by atoms with Gasteiger partial charge in [-0.05, 0) is 54.4 Å². The highest BCUT2D eigenvalue weighted by Crippen LogP contribution is 2.29. The van der Waals surface area contributed by atoms with Crippen molar-refractivity contribution in [1.29, 1.82) is 0 Å². The van der Waals surface area contributed by atoms with Crippen LogP contribution in [0.25, 0.3) is 17.0 Å². The maximum absolute atomic E-state index is 11.8. The van der Waals surface area contributed by atoms with E-state index in [2.05, 4.69) is 15.3 Å². The number of pyridine rings is 1. The van der Waals surface area contributed by atoms with Gasteiger partial charge in [0.05, 0.1) is 12.1 Å². The van der Waals surface area contributed by atoms with Crippen molar-refractivity contribution < 1.29 is 14.6 Å². The molecule has 0 radical (unpaired) electrons. The second-order valence-corrected chi connectivity index (χ2v) is 7.12. The van der Waals surface area contributed by atoms with Crippen LogP contribution < -0.4 is 14.8 Å². The molecule has 4 aromatic rings. The van der Waals surface area contributed by atoms with Crippen molar-refractivity contribution in [2.24, 2.45) is 0 Å². The molecule has 2 aromatic carbocycles. The molecule has 0 unspecified atom stereocenters. The van der Waals surface area contributed by atoms with Crippen LogP contribution in [-0.4, -0.2) is 21.7 Å². The van der Waals surface area contributed by atoms with Gasteiger partial charge in [-0.25, -0.2) is 9.97 Å². The highest BCUT2D eigenvalue weighted by Gasteiger charge is 2.09. The summed E-state index contributed by atoms with van der Waals surface area (Å²) in [5, 5.41) is 25.0. The second-order valence-electron chi connectivity index (χ2n) is 7.12. The van der Waals surface area contributed by atoms with Gasteiger partial charge < -0.3 is 20.4 Å². The topological polar surface area (TPSA) is 94.2 Å². The summed E-state index contributed by atoms with van der Waals surface area (Å²) in [4.78, 5) is 8.72. The highest BCUT2D eigenvalue weighted by molar-refractivity contribution is 5.92. The van der Waals surface area contributed by atoms with E-state index in [0.717, 1.165) is 32.4 Å². The predicted octanol–water partition coefficient (Wildman–Crippen LogP) is 4.42. The minimum absolute atomic E-state index is 0.0143. The van der Waals surface area contributed by atoms with Crippen molar-refractivity contribution in [3.8, 4) is 11.5 Å². The Morgan fingerprint density at radius 1 is 1.10 bits per heavy atom. The maximum atomic E-state index is 11.8. The van der Waals surface area contributed by atoms with E-state index in [1.165, 1.54) is 12.5 Å². The lowest BCUT2D eigenvalue weighted by atomic mass is 10.1. The summed E-state index contributed by atoms with van der Waals surface area (Å²) in [5.41, 5.74) is 4.14. The Morgan fingerprint density at radius 3 is 2.74 bits per heavy atom. The van der Waals surface area contributed by atoms with E-state index in [4.69, 9.17) is 9.84 Å². The third-order valence-corrected chi connectivity index (χ3v) is 4.82. The molecule has 0 aliphatic heterocycles. The SMILES string of the molecule is Cc1cc(Nc2ncnc3ccc(C=CCO)cc23)ccc1Oc1ccc(C)[n+]([O-])c1. The van der Waals surface area contributed by atoms with Crippen LogP contribution in [0.1, 0.15) is 16.8 Å². The number of anilines is 2. The molecule has 0 bridgehead atoms. The van der Waals surface area contributed by atoms with E-state index in [1.807, 2.05) is 49.4 Å². The molecule has 156 valence electrons. The molecule has 7 nitrogen and oxygen atoms in total. The molecule has 2 N–H and O–H groups in total. The predicted molar refractivity (Wildman–Crippen MR) is 120 cm³/mol. The summed E-state index contributed by atoms with van der Waals surface area (Å²) in [6.45, 7) is 3.67. The van der Waals surface area contributed by atoms with Gasteiger partial charge in [0, 0.05) is 24.1 Å². The van der Waals surface area contributed by atoms with Gasteiger partial charge >= 0.3 is 0 Å². The van der Waals surface area contributed by atoms with Gasteiger partial charge in [0.25, 0.3) is 0 Å². The van der Waals surface area contributed by atoms with E-state index in [1.54, 1.807) is 25.1 Å². The molecule has 4 rings (SSSR count). The molecule has 0 aliphatic rings. The van der Waals surface area contributed by atoms with E-state index >= 15 is 0 Å². The molecule has 2 heterocycles. The van der Waals surface area contributed by atoms with Crippen molar-refractivity contribution in [1.82, 2.24) is 9.97 Å². The molecular weight excluding hydrogens is 392 g/mol. The van der Waals surface area contributed by atoms with Gasteiger partial charge in [0.1, 0.15) is 17.9 Å². The van der Waals surface area contributed by atoms with Crippen molar-refractivity contribution in [2.75, 3.05) is 11.9 Å². The van der Waals surface area contributed by atoms with Crippen molar-refractivity contribution in [3.63, 3.8) is 0 Å². The third-order valence-electron chi connectivity index (χ3n) is 4.82. The minimum Gasteiger partial charge on any atom is -0.618 e. The first kappa shape index (κ1) is 20.3. The van der Waals surface area contributed by atoms with Crippen LogP contribution in [0.3, 0.4) is 0 Å². The lowest BCUT2D eigenvalue weighted by Crippen LogP contribution is -2.28. The summed E-state index contributed by atoms with van der Waals surface area (Å²) >= 11 is 0. The lowest BCUT2D eigenvalue weighted by Gasteiger charge is -2.12. The summed E-state index contributed by atoms with van der Waals surface area (Å²) in [7, 11) is 0. The molecule has 0 amide bonds. The van der Waals surface area contributed by atoms with E-state index in [-0.39, 0.29) is 6.61 Å². The number of nitrogens with one attached hydrogen (secondary N) is 1. The Balaban J connectivity index is 1.59. The first-order valence-corrected chi connectivity index (χ1v) is 9.81. The summed E-state index contributed by atoms with van der Waals surface area (Å²) in [6.07, 6.45) is 6.47. The van der Waals surface area contributed by atoms with Gasteiger partial charge in [-0.2, -0.15) is 4.73 Å². The maximum Gasteiger partial charge on any atom is 0.223 e. The minimum atomic E-state index is -0.0143. The largest absolute Gasteiger partial charge is 0.618 e. The van der Waals surface area contributed by atoms with E-state index in [0.29, 0.717) is 23.0 Å². The standard InChI is InChI=1S/C24H22N4O3/c1-16-12-19(7-10-23(16)31-20-8-5-17(2)28(30)14-20)27-24-21-13-18(4-3-11-29)6-9-22(21)25-15-26-24/h3-10,12-15,29H,11H2,1-2H3,(H,25,26,27). The molecular formula is C24H22N4O3. The smallest absolute Gasteiger partial charge is 0.223 e. The number of aryl methyl sites for hydroxylation is 2. The lowest BCUT2D eigenvalue weighted by molar-refractivity contribution is -0.612. The number of nitrogens with zero attached hydrogens (tertiary/aromatic N) is 3. The number of rotatable bonds is 6. The molecule has 0 aliphatic carbocycles. The van der Waals surface area contributed by atoms with Gasteiger partial charge in [0.2, 0.25) is 6.20 Å². The quantitative estimate of drug-likeness (QED) is 0.358. The van der Waals surface area contributed by atoms with Crippen molar-refractivity contribution >= 4 is 28.5 Å². The molecule has 31 heavy (non-hydrogen) atoms. The zero-order chi connectivity index (χ0) is 21.8. The molecule has 0 atom stereocenters. The van der Waals surface area contributed by atoms with Gasteiger partial charge in [-0.15, -0.1) is 0 Å². The van der Waals surface area contributed by atoms with Crippen LogP contribution in [0.2, 0.25) is 0 Å². The highest BCUT2D eigenvalue weighted by atomic mass is 16.5. The molecule has 2 aromatic heterocycles. The fourth-order valence-corrected chi connectivity index (χ4v) is 3.17. The molecule has 0 spiro atoms. The monoisotopic (exact) mass is 414 g/mol. The first-order valence-electron chi connectivity index (χ1n) is 9.81. The van der Waals surface area contributed by atoms with Crippen LogP contribution in [0.15, 0.2) is 67.1 Å². The van der Waals surface area contributed by atoms with Gasteiger partial charge in [0.15, 0.2) is 11.4 Å². The van der Waals surface area contributed by atoms with Crippen LogP contribution in [0.4, 0.5) is 11.5 Å². The zero-order valence-electron chi connectivity index (χ0n) is 17.2. The number of hydrogen-bond acceptors (Lipinski definition) is 6. The summed E-state index contributed by atoms with van der Waals surface area (Å²) in [5.74, 6) is 1.83. The van der Waals surface area contributed by atoms with Gasteiger partial charge in [-0.3, -0.25) is 0 Å². The Hall–Kier alpha value is -3.97. The summed E-state index contributed by atoms with van der Waals surface area (Å²) in [6, 6.07) is 15.0. The summed E-state index contributed by atoms with van der Waals surface area (Å²) < 4.78 is 6.65. The first-order chi connectivity index (χ1) is 15.0. The van der Waals surface area contributed by atoms with Crippen molar-refractivity contribution in [2.45, 2.75) is 13.8 Å². The van der Waals surface area contributed by atoms with Crippen LogP contribution in [0.5, 0.6) is 11.5 Å². The van der Waals surface area contributed by atoms with Crippen LogP contribution in [0, 0.1) is 19.1 Å². The Kier molecular flexibility index (Phi) is 5.77. The second kappa shape index (κ2) is 8.81. The Labute approximate surface area is 179 Å². The van der Waals surface area contributed by atoms with Gasteiger partial charge in [-0.1, -0.05) is 18.2 Å². The van der Waals surface area contributed by atoms with E-state index in [9.17, 15) is 5.21 Å². The van der Waals surface area contributed by atoms with Crippen LogP contribution >= 0.6 is 0 Å². The molecule has 0 fully saturated rings. The van der Waals surface area contributed by atoms with E-state index < -0.39 is 0 Å². The fraction of sp³-hybridized carbons (Fsp3) is 0.125. The number of hydrogen-bond donors (Lipinski definition) is 2. The Bertz CT molecular complexity index is 1270. The molecule has 7 heteroatoms. The number of aromatic nitrogens is 3. The molecule has 0 saturated carbocycles. The normalized spacial score (nSPS) is 11.2. The Morgan fingerprint density at radius 2 is 1.97 bits per heavy atom. The number of aliphatic hydroxyl groups is 1. The molecule has 0 saturated heterocycles. The number of ether oxygens (including phenoxy) is 1. The van der Waals surface area contributed by atoms with Crippen molar-refractivity contribution in [3.05, 3.63) is 89.2 Å². The number of aliphatic hydroxyl groups excluding tert-OH is 1.